The molecule has 0 saturated carbocycles. The molecule has 2 rings (SSSR count). The normalized spacial score (nSPS) is 10.4. The largest absolute Gasteiger partial charge is 0.270 e. The van der Waals surface area contributed by atoms with Crippen LogP contribution in [0.15, 0.2) is 42.5 Å². The molecule has 0 aromatic heterocycles. The first-order chi connectivity index (χ1) is 9.15. The third kappa shape index (κ3) is 2.81. The van der Waals surface area contributed by atoms with Crippen LogP contribution in [0.3, 0.4) is 0 Å². The quantitative estimate of drug-likeness (QED) is 0.600. The van der Waals surface area contributed by atoms with Crippen LogP contribution in [0.2, 0.25) is 0 Å². The van der Waals surface area contributed by atoms with Crippen LogP contribution in [0.4, 0.5) is 5.69 Å². The topological polar surface area (TPSA) is 43.1 Å². The first-order valence-electron chi connectivity index (χ1n) is 6.52. The summed E-state index contributed by atoms with van der Waals surface area (Å²) in [5, 5.41) is 10.8. The van der Waals surface area contributed by atoms with Gasteiger partial charge < -0.3 is 0 Å². The van der Waals surface area contributed by atoms with Crippen molar-refractivity contribution in [3.05, 3.63) is 63.7 Å². The lowest BCUT2D eigenvalue weighted by atomic mass is 9.96. The summed E-state index contributed by atoms with van der Waals surface area (Å²) in [4.78, 5) is 10.5. The lowest BCUT2D eigenvalue weighted by molar-refractivity contribution is -0.384. The third-order valence-corrected chi connectivity index (χ3v) is 3.36. The monoisotopic (exact) mass is 255 g/mol. The van der Waals surface area contributed by atoms with Crippen molar-refractivity contribution in [3.63, 3.8) is 0 Å². The van der Waals surface area contributed by atoms with Crippen LogP contribution in [0.25, 0.3) is 11.1 Å². The number of hydrogen-bond donors (Lipinski definition) is 0. The van der Waals surface area contributed by atoms with E-state index in [1.165, 1.54) is 17.2 Å². The Balaban J connectivity index is 2.47. The Morgan fingerprint density at radius 3 is 2.26 bits per heavy atom. The van der Waals surface area contributed by atoms with E-state index < -0.39 is 0 Å². The van der Waals surface area contributed by atoms with E-state index in [0.29, 0.717) is 0 Å². The predicted molar refractivity (Wildman–Crippen MR) is 77.3 cm³/mol. The Bertz CT molecular complexity index is 605. The molecule has 0 spiro atoms. The molecule has 0 atom stereocenters. The molecule has 0 aliphatic carbocycles. The number of nitrogens with zero attached hydrogens (tertiary/aromatic N) is 1. The summed E-state index contributed by atoms with van der Waals surface area (Å²) in [6.45, 7) is 4.27. The Morgan fingerprint density at radius 1 is 0.947 bits per heavy atom. The minimum atomic E-state index is -0.357. The molecule has 3 heteroatoms. The smallest absolute Gasteiger partial charge is 0.258 e. The minimum absolute atomic E-state index is 0.134. The first-order valence-corrected chi connectivity index (χ1v) is 6.52. The van der Waals surface area contributed by atoms with Crippen molar-refractivity contribution >= 4 is 5.69 Å². The molecule has 0 fully saturated rings. The molecule has 0 aliphatic heterocycles. The number of hydrogen-bond acceptors (Lipinski definition) is 2. The molecule has 0 saturated heterocycles. The van der Waals surface area contributed by atoms with Crippen LogP contribution in [0.1, 0.15) is 25.0 Å². The minimum Gasteiger partial charge on any atom is -0.258 e. The van der Waals surface area contributed by atoms with Gasteiger partial charge in [-0.3, -0.25) is 10.1 Å². The van der Waals surface area contributed by atoms with E-state index in [0.717, 1.165) is 24.0 Å². The molecule has 3 nitrogen and oxygen atoms in total. The highest BCUT2D eigenvalue weighted by molar-refractivity contribution is 5.67. The highest BCUT2D eigenvalue weighted by Crippen LogP contribution is 2.26. The zero-order chi connectivity index (χ0) is 13.8. The second kappa shape index (κ2) is 5.65. The van der Waals surface area contributed by atoms with E-state index in [1.54, 1.807) is 12.1 Å². The number of nitro groups is 1. The number of benzene rings is 2. The highest BCUT2D eigenvalue weighted by atomic mass is 16.6. The van der Waals surface area contributed by atoms with Gasteiger partial charge in [0.15, 0.2) is 0 Å². The molecule has 2 aromatic carbocycles. The maximum atomic E-state index is 10.8. The van der Waals surface area contributed by atoms with Crippen molar-refractivity contribution in [1.29, 1.82) is 0 Å². The summed E-state index contributed by atoms with van der Waals surface area (Å²) in [6, 6.07) is 13.1. The molecule has 19 heavy (non-hydrogen) atoms. The van der Waals surface area contributed by atoms with Gasteiger partial charge in [0.2, 0.25) is 0 Å². The fourth-order valence-corrected chi connectivity index (χ4v) is 2.28. The molecule has 0 aliphatic rings. The average molecular weight is 255 g/mol. The lowest BCUT2D eigenvalue weighted by Gasteiger charge is -2.09. The van der Waals surface area contributed by atoms with Crippen LogP contribution in [-0.4, -0.2) is 4.92 Å². The van der Waals surface area contributed by atoms with E-state index in [4.69, 9.17) is 0 Å². The molecule has 0 bridgehead atoms. The maximum Gasteiger partial charge on any atom is 0.270 e. The van der Waals surface area contributed by atoms with Crippen LogP contribution < -0.4 is 0 Å². The third-order valence-electron chi connectivity index (χ3n) is 3.36. The first kappa shape index (κ1) is 13.3. The molecule has 0 radical (unpaired) electrons. The van der Waals surface area contributed by atoms with E-state index >= 15 is 0 Å². The summed E-state index contributed by atoms with van der Waals surface area (Å²) in [6.07, 6.45) is 1.99. The van der Waals surface area contributed by atoms with Gasteiger partial charge in [-0.2, -0.15) is 0 Å². The number of non-ortho nitro benzene ring substituents is 1. The van der Waals surface area contributed by atoms with Crippen LogP contribution in [0, 0.1) is 10.1 Å². The highest BCUT2D eigenvalue weighted by Gasteiger charge is 2.08. The van der Waals surface area contributed by atoms with Gasteiger partial charge in [-0.05, 0) is 35.1 Å². The van der Waals surface area contributed by atoms with Crippen molar-refractivity contribution in [1.82, 2.24) is 0 Å². The van der Waals surface area contributed by atoms with Crippen molar-refractivity contribution in [2.24, 2.45) is 0 Å². The van der Waals surface area contributed by atoms with Crippen molar-refractivity contribution in [2.45, 2.75) is 26.7 Å². The van der Waals surface area contributed by atoms with Crippen LogP contribution in [0.5, 0.6) is 0 Å². The van der Waals surface area contributed by atoms with Gasteiger partial charge >= 0.3 is 0 Å². The fraction of sp³-hybridized carbons (Fsp3) is 0.250. The molecule has 0 N–H and O–H groups in total. The molecule has 0 unspecified atom stereocenters. The molecule has 98 valence electrons. The van der Waals surface area contributed by atoms with Gasteiger partial charge in [-0.25, -0.2) is 0 Å². The van der Waals surface area contributed by atoms with Gasteiger partial charge in [-0.15, -0.1) is 0 Å². The molecular weight excluding hydrogens is 238 g/mol. The average Bonchev–Trinajstić information content (AvgIpc) is 2.46. The molecule has 2 aromatic rings. The van der Waals surface area contributed by atoms with Gasteiger partial charge in [0, 0.05) is 12.1 Å². The summed E-state index contributed by atoms with van der Waals surface area (Å²) in [5.74, 6) is 0. The van der Waals surface area contributed by atoms with Crippen LogP contribution in [-0.2, 0) is 12.8 Å². The Labute approximate surface area is 113 Å². The van der Waals surface area contributed by atoms with Gasteiger partial charge in [0.1, 0.15) is 0 Å². The van der Waals surface area contributed by atoms with E-state index in [9.17, 15) is 10.1 Å². The van der Waals surface area contributed by atoms with Crippen molar-refractivity contribution < 1.29 is 4.92 Å². The number of rotatable bonds is 4. The van der Waals surface area contributed by atoms with Crippen LogP contribution >= 0.6 is 0 Å². The van der Waals surface area contributed by atoms with E-state index in [-0.39, 0.29) is 10.6 Å². The summed E-state index contributed by atoms with van der Waals surface area (Å²) in [5.41, 5.74) is 4.72. The Morgan fingerprint density at radius 2 is 1.63 bits per heavy atom. The number of nitro benzene ring substituents is 1. The van der Waals surface area contributed by atoms with Gasteiger partial charge in [0.05, 0.1) is 4.92 Å². The van der Waals surface area contributed by atoms with Crippen molar-refractivity contribution in [2.75, 3.05) is 0 Å². The second-order valence-corrected chi connectivity index (χ2v) is 4.50. The van der Waals surface area contributed by atoms with E-state index in [2.05, 4.69) is 26.0 Å². The predicted octanol–water partition coefficient (Wildman–Crippen LogP) is 4.39. The maximum absolute atomic E-state index is 10.8. The van der Waals surface area contributed by atoms with Gasteiger partial charge in [0.25, 0.3) is 5.69 Å². The standard InChI is InChI=1S/C16H17NO2/c1-3-12-8-9-15(10-13(12)4-2)14-6-5-7-16(11-14)17(18)19/h5-11H,3-4H2,1-2H3. The lowest BCUT2D eigenvalue weighted by Crippen LogP contribution is -1.92. The fourth-order valence-electron chi connectivity index (χ4n) is 2.28. The SMILES string of the molecule is CCc1ccc(-c2cccc([N+](=O)[O-])c2)cc1CC. The summed E-state index contributed by atoms with van der Waals surface area (Å²) in [7, 11) is 0. The number of aryl methyl sites for hydroxylation is 2. The van der Waals surface area contributed by atoms with Gasteiger partial charge in [-0.1, -0.05) is 44.2 Å². The second-order valence-electron chi connectivity index (χ2n) is 4.50. The Hall–Kier alpha value is -2.16. The summed E-state index contributed by atoms with van der Waals surface area (Å²) >= 11 is 0. The zero-order valence-corrected chi connectivity index (χ0v) is 11.2. The zero-order valence-electron chi connectivity index (χ0n) is 11.2. The molecule has 0 heterocycles. The Kier molecular flexibility index (Phi) is 3.95. The molecule has 0 amide bonds. The van der Waals surface area contributed by atoms with Crippen molar-refractivity contribution in [3.8, 4) is 11.1 Å². The molecular formula is C16H17NO2. The summed E-state index contributed by atoms with van der Waals surface area (Å²) < 4.78 is 0. The van der Waals surface area contributed by atoms with E-state index in [1.807, 2.05) is 12.1 Å².